The molecule has 0 spiro atoms. The standard InChI is InChI=1S/C27H22BrN3O5S2/c28-21-10-3-7-19(14-21)23-17-37-27(29-23)30-25(32)16-36-26(33)20-8-4-11-22(15-20)38(34,35)31-13-5-9-18-6-1-2-12-24(18)31/h1-4,6-8,10-12,14-15,17H,5,9,13,16H2,(H,29,30,32). The van der Waals surface area contributed by atoms with Gasteiger partial charge in [0.25, 0.3) is 15.9 Å². The van der Waals surface area contributed by atoms with Gasteiger partial charge in [-0.2, -0.15) is 0 Å². The van der Waals surface area contributed by atoms with Crippen LogP contribution in [0.3, 0.4) is 0 Å². The zero-order chi connectivity index (χ0) is 26.7. The van der Waals surface area contributed by atoms with E-state index in [2.05, 4.69) is 26.2 Å². The maximum absolute atomic E-state index is 13.4. The number of esters is 1. The predicted molar refractivity (Wildman–Crippen MR) is 150 cm³/mol. The summed E-state index contributed by atoms with van der Waals surface area (Å²) in [6.45, 7) is -0.185. The second-order valence-corrected chi connectivity index (χ2v) is 12.1. The highest BCUT2D eigenvalue weighted by atomic mass is 79.9. The summed E-state index contributed by atoms with van der Waals surface area (Å²) < 4.78 is 34.3. The smallest absolute Gasteiger partial charge is 0.338 e. The second kappa shape index (κ2) is 11.1. The van der Waals surface area contributed by atoms with E-state index in [0.29, 0.717) is 29.5 Å². The Morgan fingerprint density at radius 1 is 1.05 bits per heavy atom. The molecule has 0 saturated heterocycles. The lowest BCUT2D eigenvalue weighted by molar-refractivity contribution is -0.119. The van der Waals surface area contributed by atoms with Crippen LogP contribution in [0.25, 0.3) is 11.3 Å². The predicted octanol–water partition coefficient (Wildman–Crippen LogP) is 5.51. The third kappa shape index (κ3) is 5.64. The molecule has 38 heavy (non-hydrogen) atoms. The molecule has 1 aromatic heterocycles. The van der Waals surface area contributed by atoms with Crippen molar-refractivity contribution >= 4 is 60.0 Å². The van der Waals surface area contributed by atoms with Crippen LogP contribution in [0.2, 0.25) is 0 Å². The minimum atomic E-state index is -3.89. The van der Waals surface area contributed by atoms with Crippen molar-refractivity contribution in [3.8, 4) is 11.3 Å². The van der Waals surface area contributed by atoms with Gasteiger partial charge in [0.1, 0.15) is 0 Å². The summed E-state index contributed by atoms with van der Waals surface area (Å²) in [6, 6.07) is 20.7. The zero-order valence-electron chi connectivity index (χ0n) is 20.0. The molecule has 0 unspecified atom stereocenters. The molecule has 1 N–H and O–H groups in total. The van der Waals surface area contributed by atoms with Gasteiger partial charge in [-0.1, -0.05) is 52.3 Å². The van der Waals surface area contributed by atoms with Crippen LogP contribution in [0.4, 0.5) is 10.8 Å². The minimum Gasteiger partial charge on any atom is -0.452 e. The first kappa shape index (κ1) is 26.1. The molecule has 1 amide bonds. The summed E-state index contributed by atoms with van der Waals surface area (Å²) in [6.07, 6.45) is 1.51. The average molecular weight is 613 g/mol. The fraction of sp³-hybridized carbons (Fsp3) is 0.148. The van der Waals surface area contributed by atoms with E-state index in [1.54, 1.807) is 12.1 Å². The van der Waals surface area contributed by atoms with Crippen LogP contribution >= 0.6 is 27.3 Å². The van der Waals surface area contributed by atoms with E-state index in [4.69, 9.17) is 4.74 Å². The number of amides is 1. The van der Waals surface area contributed by atoms with Crippen LogP contribution in [0.1, 0.15) is 22.3 Å². The van der Waals surface area contributed by atoms with E-state index < -0.39 is 28.5 Å². The topological polar surface area (TPSA) is 106 Å². The number of hydrogen-bond acceptors (Lipinski definition) is 7. The van der Waals surface area contributed by atoms with E-state index in [1.807, 2.05) is 41.8 Å². The van der Waals surface area contributed by atoms with Gasteiger partial charge >= 0.3 is 5.97 Å². The Kier molecular flexibility index (Phi) is 7.59. The summed E-state index contributed by atoms with van der Waals surface area (Å²) in [5.74, 6) is -1.35. The van der Waals surface area contributed by atoms with Crippen molar-refractivity contribution in [3.05, 3.63) is 93.8 Å². The number of aryl methyl sites for hydroxylation is 1. The maximum atomic E-state index is 13.4. The number of nitrogens with one attached hydrogen (secondary N) is 1. The Bertz CT molecular complexity index is 1620. The number of carbonyl (C=O) groups excluding carboxylic acids is 2. The molecular weight excluding hydrogens is 590 g/mol. The van der Waals surface area contributed by atoms with Gasteiger partial charge < -0.3 is 4.74 Å². The number of halogens is 1. The molecule has 0 saturated carbocycles. The van der Waals surface area contributed by atoms with Crippen LogP contribution in [0.15, 0.2) is 87.5 Å². The summed E-state index contributed by atoms with van der Waals surface area (Å²) in [5, 5.41) is 4.81. The molecule has 1 aliphatic rings. The number of ether oxygens (including phenoxy) is 1. The van der Waals surface area contributed by atoms with Crippen molar-refractivity contribution in [1.29, 1.82) is 0 Å². The monoisotopic (exact) mass is 611 g/mol. The summed E-state index contributed by atoms with van der Waals surface area (Å²) in [5.41, 5.74) is 3.25. The van der Waals surface area contributed by atoms with E-state index in [-0.39, 0.29) is 10.5 Å². The average Bonchev–Trinajstić information content (AvgIpc) is 3.40. The number of thiazole rings is 1. The molecule has 3 aromatic carbocycles. The molecule has 0 bridgehead atoms. The highest BCUT2D eigenvalue weighted by Gasteiger charge is 2.29. The number of carbonyl (C=O) groups is 2. The highest BCUT2D eigenvalue weighted by molar-refractivity contribution is 9.10. The van der Waals surface area contributed by atoms with Gasteiger partial charge in [-0.05, 0) is 54.8 Å². The number of rotatable bonds is 7. The number of aromatic nitrogens is 1. The third-order valence-electron chi connectivity index (χ3n) is 5.93. The van der Waals surface area contributed by atoms with Gasteiger partial charge in [0.05, 0.1) is 21.8 Å². The van der Waals surface area contributed by atoms with Crippen molar-refractivity contribution < 1.29 is 22.7 Å². The van der Waals surface area contributed by atoms with Gasteiger partial charge in [-0.3, -0.25) is 14.4 Å². The molecule has 1 aliphatic heterocycles. The van der Waals surface area contributed by atoms with Gasteiger partial charge in [-0.15, -0.1) is 11.3 Å². The Morgan fingerprint density at radius 3 is 2.71 bits per heavy atom. The van der Waals surface area contributed by atoms with Gasteiger partial charge in [0.15, 0.2) is 11.7 Å². The summed E-state index contributed by atoms with van der Waals surface area (Å²) in [7, 11) is -3.89. The van der Waals surface area contributed by atoms with Crippen LogP contribution in [0, 0.1) is 0 Å². The van der Waals surface area contributed by atoms with Gasteiger partial charge in [-0.25, -0.2) is 18.2 Å². The quantitative estimate of drug-likeness (QED) is 0.276. The number of anilines is 2. The zero-order valence-corrected chi connectivity index (χ0v) is 23.2. The number of sulfonamides is 1. The first-order chi connectivity index (χ1) is 18.3. The molecular formula is C27H22BrN3O5S2. The van der Waals surface area contributed by atoms with Crippen LogP contribution in [0.5, 0.6) is 0 Å². The first-order valence-electron chi connectivity index (χ1n) is 11.7. The van der Waals surface area contributed by atoms with Gasteiger partial charge in [0.2, 0.25) is 0 Å². The molecule has 2 heterocycles. The van der Waals surface area contributed by atoms with Crippen molar-refractivity contribution in [1.82, 2.24) is 4.98 Å². The lowest BCUT2D eigenvalue weighted by Gasteiger charge is -2.30. The second-order valence-electron chi connectivity index (χ2n) is 8.51. The lowest BCUT2D eigenvalue weighted by atomic mass is 10.0. The summed E-state index contributed by atoms with van der Waals surface area (Å²) >= 11 is 4.68. The molecule has 0 atom stereocenters. The minimum absolute atomic E-state index is 0.0176. The molecule has 0 fully saturated rings. The fourth-order valence-corrected chi connectivity index (χ4v) is 6.86. The van der Waals surface area contributed by atoms with Crippen molar-refractivity contribution in [2.75, 3.05) is 22.8 Å². The van der Waals surface area contributed by atoms with E-state index >= 15 is 0 Å². The van der Waals surface area contributed by atoms with Crippen LogP contribution in [-0.4, -0.2) is 38.4 Å². The lowest BCUT2D eigenvalue weighted by Crippen LogP contribution is -2.35. The van der Waals surface area contributed by atoms with Gasteiger partial charge in [0, 0.05) is 22.0 Å². The van der Waals surface area contributed by atoms with Crippen molar-refractivity contribution in [2.45, 2.75) is 17.7 Å². The maximum Gasteiger partial charge on any atom is 0.338 e. The summed E-state index contributed by atoms with van der Waals surface area (Å²) in [4.78, 5) is 29.4. The van der Waals surface area contributed by atoms with Crippen molar-refractivity contribution in [2.24, 2.45) is 0 Å². The Labute approximate surface area is 232 Å². The number of hydrogen-bond donors (Lipinski definition) is 1. The van der Waals surface area contributed by atoms with Crippen molar-refractivity contribution in [3.63, 3.8) is 0 Å². The Morgan fingerprint density at radius 2 is 1.87 bits per heavy atom. The van der Waals surface area contributed by atoms with E-state index in [0.717, 1.165) is 22.0 Å². The molecule has 0 aliphatic carbocycles. The highest BCUT2D eigenvalue weighted by Crippen LogP contribution is 2.32. The number of fused-ring (bicyclic) bond motifs is 1. The Balaban J connectivity index is 1.23. The fourth-order valence-electron chi connectivity index (χ4n) is 4.14. The Hall–Kier alpha value is -3.54. The van der Waals surface area contributed by atoms with Crippen LogP contribution < -0.4 is 9.62 Å². The number of benzene rings is 3. The largest absolute Gasteiger partial charge is 0.452 e. The SMILES string of the molecule is O=C(COC(=O)c1cccc(S(=O)(=O)N2CCCc3ccccc32)c1)Nc1nc(-c2cccc(Br)c2)cs1. The molecule has 0 radical (unpaired) electrons. The van der Waals surface area contributed by atoms with E-state index in [9.17, 15) is 18.0 Å². The third-order valence-corrected chi connectivity index (χ3v) is 8.99. The molecule has 4 aromatic rings. The molecule has 5 rings (SSSR count). The number of nitrogens with zero attached hydrogens (tertiary/aromatic N) is 2. The normalized spacial score (nSPS) is 13.0. The molecule has 194 valence electrons. The van der Waals surface area contributed by atoms with Crippen LogP contribution in [-0.2, 0) is 26.0 Å². The number of para-hydroxylation sites is 1. The van der Waals surface area contributed by atoms with E-state index in [1.165, 1.54) is 39.9 Å². The molecule has 8 nitrogen and oxygen atoms in total. The first-order valence-corrected chi connectivity index (χ1v) is 14.8. The molecule has 11 heteroatoms.